The fourth-order valence-corrected chi connectivity index (χ4v) is 5.29. The molecule has 1 aliphatic heterocycles. The van der Waals surface area contributed by atoms with Crippen LogP contribution in [0, 0.1) is 16.7 Å². The maximum Gasteiger partial charge on any atom is 0.328 e. The van der Waals surface area contributed by atoms with E-state index in [0.29, 0.717) is 11.3 Å². The summed E-state index contributed by atoms with van der Waals surface area (Å²) in [7, 11) is 0. The van der Waals surface area contributed by atoms with Crippen molar-refractivity contribution in [3.63, 3.8) is 0 Å². The average Bonchev–Trinajstić information content (AvgIpc) is 3.57. The summed E-state index contributed by atoms with van der Waals surface area (Å²) in [5.41, 5.74) is -1.65. The van der Waals surface area contributed by atoms with Crippen LogP contribution >= 0.6 is 0 Å². The third-order valence-electron chi connectivity index (χ3n) is 7.30. The van der Waals surface area contributed by atoms with Crippen LogP contribution in [-0.4, -0.2) is 30.2 Å². The summed E-state index contributed by atoms with van der Waals surface area (Å²) in [6.07, 6.45) is 0.422. The number of hydrogen-bond acceptors (Lipinski definition) is 6. The van der Waals surface area contributed by atoms with Gasteiger partial charge in [-0.05, 0) is 31.4 Å². The summed E-state index contributed by atoms with van der Waals surface area (Å²) < 4.78 is 10.8. The zero-order valence-electron chi connectivity index (χ0n) is 19.6. The molecule has 1 heterocycles. The van der Waals surface area contributed by atoms with Crippen molar-refractivity contribution in [1.82, 2.24) is 5.32 Å². The molecule has 3 atom stereocenters. The molecule has 1 fully saturated rings. The number of carbonyl (C=O) groups is 4. The Kier molecular flexibility index (Phi) is 6.30. The summed E-state index contributed by atoms with van der Waals surface area (Å²) in [5, 5.41) is 2.83. The molecule has 1 aliphatic carbocycles. The summed E-state index contributed by atoms with van der Waals surface area (Å²) in [4.78, 5) is 53.9. The van der Waals surface area contributed by atoms with Crippen LogP contribution in [0.2, 0.25) is 0 Å². The van der Waals surface area contributed by atoms with Gasteiger partial charge in [-0.15, -0.1) is 0 Å². The molecule has 1 amide bonds. The first-order chi connectivity index (χ1) is 16.4. The maximum atomic E-state index is 14.0. The predicted molar refractivity (Wildman–Crippen MR) is 124 cm³/mol. The summed E-state index contributed by atoms with van der Waals surface area (Å²) in [6, 6.07) is 16.2. The second-order valence-electron chi connectivity index (χ2n) is 8.79. The summed E-state index contributed by atoms with van der Waals surface area (Å²) >= 11 is 0. The third-order valence-corrected chi connectivity index (χ3v) is 7.30. The molecule has 3 unspecified atom stereocenters. The van der Waals surface area contributed by atoms with Crippen LogP contribution in [0.15, 0.2) is 54.6 Å². The van der Waals surface area contributed by atoms with Crippen LogP contribution in [0.25, 0.3) is 0 Å². The number of Topliss-reactive ketones (excluding diaryl/α,β-unsaturated/α-hetero) is 1. The average molecular weight is 464 g/mol. The molecule has 0 spiro atoms. The number of rotatable bonds is 9. The van der Waals surface area contributed by atoms with Crippen molar-refractivity contribution in [2.45, 2.75) is 46.1 Å². The van der Waals surface area contributed by atoms with E-state index in [9.17, 15) is 19.2 Å². The SMILES string of the molecule is CCOC(=O)C(CC)(CC)C(=O)C1C2c3ccccc3OC(=O)C12C(=O)NCc1ccccc1. The number of esters is 2. The van der Waals surface area contributed by atoms with Gasteiger partial charge in [0.25, 0.3) is 0 Å². The van der Waals surface area contributed by atoms with Gasteiger partial charge in [0.1, 0.15) is 11.2 Å². The Morgan fingerprint density at radius 2 is 1.65 bits per heavy atom. The number of ketones is 1. The summed E-state index contributed by atoms with van der Waals surface area (Å²) in [5.74, 6) is -3.74. The van der Waals surface area contributed by atoms with Gasteiger partial charge in [0, 0.05) is 18.0 Å². The van der Waals surface area contributed by atoms with Crippen LogP contribution in [0.3, 0.4) is 0 Å². The lowest BCUT2D eigenvalue weighted by atomic mass is 9.75. The van der Waals surface area contributed by atoms with Crippen molar-refractivity contribution < 1.29 is 28.7 Å². The first-order valence-corrected chi connectivity index (χ1v) is 11.7. The molecule has 7 heteroatoms. The van der Waals surface area contributed by atoms with Crippen LogP contribution in [0.4, 0.5) is 0 Å². The van der Waals surface area contributed by atoms with Gasteiger partial charge < -0.3 is 14.8 Å². The van der Waals surface area contributed by atoms with Gasteiger partial charge in [0.2, 0.25) is 5.91 Å². The highest BCUT2D eigenvalue weighted by Gasteiger charge is 2.82. The Morgan fingerprint density at radius 1 is 1.00 bits per heavy atom. The fourth-order valence-electron chi connectivity index (χ4n) is 5.29. The van der Waals surface area contributed by atoms with Gasteiger partial charge in [0.05, 0.1) is 12.5 Å². The smallest absolute Gasteiger partial charge is 0.328 e. The number of fused-ring (bicyclic) bond motifs is 3. The Morgan fingerprint density at radius 3 is 2.29 bits per heavy atom. The monoisotopic (exact) mass is 463 g/mol. The lowest BCUT2D eigenvalue weighted by molar-refractivity contribution is -0.163. The van der Waals surface area contributed by atoms with Crippen LogP contribution in [0.5, 0.6) is 5.75 Å². The molecule has 2 aliphatic rings. The van der Waals surface area contributed by atoms with E-state index < -0.39 is 46.3 Å². The second kappa shape index (κ2) is 9.05. The number of hydrogen-bond donors (Lipinski definition) is 1. The van der Waals surface area contributed by atoms with Crippen molar-refractivity contribution in [2.75, 3.05) is 6.61 Å². The van der Waals surface area contributed by atoms with Gasteiger partial charge in [-0.25, -0.2) is 0 Å². The van der Waals surface area contributed by atoms with Crippen molar-refractivity contribution in [2.24, 2.45) is 16.7 Å². The first-order valence-electron chi connectivity index (χ1n) is 11.7. The molecule has 0 aromatic heterocycles. The van der Waals surface area contributed by atoms with E-state index in [1.807, 2.05) is 30.3 Å². The molecule has 1 saturated carbocycles. The Labute approximate surface area is 198 Å². The minimum Gasteiger partial charge on any atom is -0.465 e. The van der Waals surface area contributed by atoms with Gasteiger partial charge in [-0.3, -0.25) is 19.2 Å². The number of benzene rings is 2. The number of carbonyl (C=O) groups excluding carboxylic acids is 4. The summed E-state index contributed by atoms with van der Waals surface area (Å²) in [6.45, 7) is 5.52. The van der Waals surface area contributed by atoms with E-state index in [4.69, 9.17) is 9.47 Å². The van der Waals surface area contributed by atoms with Crippen molar-refractivity contribution in [1.29, 1.82) is 0 Å². The molecule has 0 saturated heterocycles. The molecule has 0 bridgehead atoms. The molecular weight excluding hydrogens is 434 g/mol. The molecule has 1 N–H and O–H groups in total. The quantitative estimate of drug-likeness (QED) is 0.347. The normalized spacial score (nSPS) is 22.6. The van der Waals surface area contributed by atoms with E-state index in [2.05, 4.69) is 5.32 Å². The highest BCUT2D eigenvalue weighted by Crippen LogP contribution is 2.71. The van der Waals surface area contributed by atoms with E-state index >= 15 is 0 Å². The highest BCUT2D eigenvalue weighted by molar-refractivity contribution is 6.19. The van der Waals surface area contributed by atoms with Crippen LogP contribution in [0.1, 0.15) is 50.7 Å². The minimum atomic E-state index is -1.71. The maximum absolute atomic E-state index is 14.0. The predicted octanol–water partition coefficient (Wildman–Crippen LogP) is 3.56. The van der Waals surface area contributed by atoms with E-state index in [0.717, 1.165) is 5.56 Å². The Hall–Kier alpha value is -3.48. The van der Waals surface area contributed by atoms with Gasteiger partial charge in [-0.2, -0.15) is 0 Å². The number of ether oxygens (including phenoxy) is 2. The van der Waals surface area contributed by atoms with Crippen molar-refractivity contribution in [3.05, 3.63) is 65.7 Å². The van der Waals surface area contributed by atoms with Crippen molar-refractivity contribution in [3.8, 4) is 5.75 Å². The third kappa shape index (κ3) is 3.42. The number of nitrogens with one attached hydrogen (secondary N) is 1. The minimum absolute atomic E-state index is 0.134. The fraction of sp³-hybridized carbons (Fsp3) is 0.407. The molecule has 0 radical (unpaired) electrons. The molecule has 4 rings (SSSR count). The molecular formula is C27H29NO6. The Balaban J connectivity index is 1.75. The van der Waals surface area contributed by atoms with Crippen molar-refractivity contribution >= 4 is 23.6 Å². The topological polar surface area (TPSA) is 98.8 Å². The number of para-hydroxylation sites is 1. The molecule has 34 heavy (non-hydrogen) atoms. The van der Waals surface area contributed by atoms with Gasteiger partial charge in [0.15, 0.2) is 11.2 Å². The molecule has 2 aromatic carbocycles. The Bertz CT molecular complexity index is 1120. The molecule has 2 aromatic rings. The van der Waals surface area contributed by atoms with E-state index in [-0.39, 0.29) is 26.0 Å². The lowest BCUT2D eigenvalue weighted by Crippen LogP contribution is -2.46. The first kappa shape index (κ1) is 23.7. The molecule has 7 nitrogen and oxygen atoms in total. The van der Waals surface area contributed by atoms with Crippen LogP contribution < -0.4 is 10.1 Å². The standard InChI is InChI=1S/C27H29NO6/c1-4-26(5-2,24(31)33-6-3)22(29)21-20-18-14-10-11-15-19(18)34-25(32)27(20,21)23(30)28-16-17-12-8-7-9-13-17/h7-15,20-21H,4-6,16H2,1-3H3,(H,28,30). The zero-order chi connectivity index (χ0) is 24.5. The van der Waals surface area contributed by atoms with E-state index in [1.54, 1.807) is 45.0 Å². The van der Waals surface area contributed by atoms with Gasteiger partial charge in [-0.1, -0.05) is 62.4 Å². The van der Waals surface area contributed by atoms with E-state index in [1.165, 1.54) is 0 Å². The second-order valence-corrected chi connectivity index (χ2v) is 8.79. The largest absolute Gasteiger partial charge is 0.465 e. The zero-order valence-corrected chi connectivity index (χ0v) is 19.6. The number of amides is 1. The lowest BCUT2D eigenvalue weighted by Gasteiger charge is -2.28. The highest BCUT2D eigenvalue weighted by atomic mass is 16.5. The van der Waals surface area contributed by atoms with Gasteiger partial charge >= 0.3 is 11.9 Å². The van der Waals surface area contributed by atoms with Crippen LogP contribution in [-0.2, 0) is 30.5 Å². The molecule has 178 valence electrons.